The third-order valence-corrected chi connectivity index (χ3v) is 4.65. The van der Waals surface area contributed by atoms with Gasteiger partial charge in [-0.15, -0.1) is 0 Å². The van der Waals surface area contributed by atoms with E-state index in [2.05, 4.69) is 0 Å². The quantitative estimate of drug-likeness (QED) is 0.529. The van der Waals surface area contributed by atoms with Crippen molar-refractivity contribution in [2.24, 2.45) is 0 Å². The molecule has 148 valence electrons. The van der Waals surface area contributed by atoms with Crippen molar-refractivity contribution in [3.05, 3.63) is 35.9 Å². The lowest BCUT2D eigenvalue weighted by molar-refractivity contribution is -0.146. The zero-order valence-electron chi connectivity index (χ0n) is 14.6. The van der Waals surface area contributed by atoms with E-state index in [1.54, 1.807) is 0 Å². The highest BCUT2D eigenvalue weighted by atomic mass is 32.2. The minimum atomic E-state index is -3.83. The summed E-state index contributed by atoms with van der Waals surface area (Å²) in [6, 6.07) is 9.17. The van der Waals surface area contributed by atoms with Crippen LogP contribution < -0.4 is 0 Å². The molecule has 0 radical (unpaired) electrons. The van der Waals surface area contributed by atoms with Crippen molar-refractivity contribution >= 4 is 20.2 Å². The summed E-state index contributed by atoms with van der Waals surface area (Å²) >= 11 is 0. The fourth-order valence-electron chi connectivity index (χ4n) is 2.48. The van der Waals surface area contributed by atoms with E-state index >= 15 is 0 Å². The molecule has 11 heteroatoms. The van der Waals surface area contributed by atoms with Gasteiger partial charge in [-0.1, -0.05) is 30.3 Å². The minimum absolute atomic E-state index is 0.143. The molecule has 0 amide bonds. The van der Waals surface area contributed by atoms with E-state index in [4.69, 9.17) is 22.6 Å². The first kappa shape index (κ1) is 21.2. The van der Waals surface area contributed by atoms with Gasteiger partial charge >= 0.3 is 0 Å². The van der Waals surface area contributed by atoms with Crippen molar-refractivity contribution in [1.29, 1.82) is 0 Å². The summed E-state index contributed by atoms with van der Waals surface area (Å²) in [7, 11) is -6.23. The second-order valence-corrected chi connectivity index (χ2v) is 9.04. The monoisotopic (exact) mass is 410 g/mol. The Labute approximate surface area is 153 Å². The summed E-state index contributed by atoms with van der Waals surface area (Å²) in [4.78, 5) is 0. The van der Waals surface area contributed by atoms with Crippen molar-refractivity contribution in [2.45, 2.75) is 31.2 Å². The molecule has 1 aliphatic heterocycles. The minimum Gasteiger partial charge on any atom is -0.368 e. The van der Waals surface area contributed by atoms with Gasteiger partial charge in [-0.3, -0.25) is 8.37 Å². The average molecular weight is 410 g/mol. The molecule has 0 N–H and O–H groups in total. The van der Waals surface area contributed by atoms with Crippen LogP contribution in [-0.2, 0) is 49.4 Å². The largest absolute Gasteiger partial charge is 0.368 e. The zero-order chi connectivity index (χ0) is 19.4. The van der Waals surface area contributed by atoms with Crippen molar-refractivity contribution < 1.29 is 39.4 Å². The molecule has 1 aromatic carbocycles. The summed E-state index contributed by atoms with van der Waals surface area (Å²) < 4.78 is 71.9. The van der Waals surface area contributed by atoms with Crippen LogP contribution in [0.25, 0.3) is 0 Å². The van der Waals surface area contributed by atoms with Crippen LogP contribution in [-0.4, -0.2) is 67.7 Å². The molecule has 1 aliphatic rings. The summed E-state index contributed by atoms with van der Waals surface area (Å²) in [5.41, 5.74) is 0.842. The van der Waals surface area contributed by atoms with Gasteiger partial charge in [0.05, 0.1) is 25.7 Å². The Morgan fingerprint density at radius 1 is 1.00 bits per heavy atom. The predicted octanol–water partition coefficient (Wildman–Crippen LogP) is 0.264. The topological polar surface area (TPSA) is 114 Å². The van der Waals surface area contributed by atoms with E-state index in [0.29, 0.717) is 0 Å². The van der Waals surface area contributed by atoms with Crippen LogP contribution in [0, 0.1) is 0 Å². The van der Waals surface area contributed by atoms with Crippen molar-refractivity contribution in [3.63, 3.8) is 0 Å². The van der Waals surface area contributed by atoms with Crippen molar-refractivity contribution in [3.8, 4) is 0 Å². The molecule has 4 atom stereocenters. The number of hydrogen-bond acceptors (Lipinski definition) is 9. The predicted molar refractivity (Wildman–Crippen MR) is 91.2 cm³/mol. The average Bonchev–Trinajstić information content (AvgIpc) is 2.86. The molecule has 1 saturated heterocycles. The highest BCUT2D eigenvalue weighted by molar-refractivity contribution is 7.86. The van der Waals surface area contributed by atoms with Gasteiger partial charge in [0.1, 0.15) is 12.2 Å². The van der Waals surface area contributed by atoms with Crippen LogP contribution in [0.3, 0.4) is 0 Å². The fourth-order valence-corrected chi connectivity index (χ4v) is 3.46. The molecular formula is C15H22O9S2. The molecule has 0 spiro atoms. The molecule has 1 fully saturated rings. The van der Waals surface area contributed by atoms with Crippen LogP contribution in [0.15, 0.2) is 30.3 Å². The normalized spacial score (nSPS) is 26.9. The number of hydrogen-bond donors (Lipinski definition) is 0. The molecule has 0 saturated carbocycles. The standard InChI is InChI=1S/C15H22O9S2/c1-20-15-14(24-26(3,18)19)13(12(23-15)10-22-25(2,16)17)21-9-11-7-5-4-6-8-11/h4-8,12-15H,9-10H2,1-3H3/t12-,13+,14?,15?/m1/s1. The smallest absolute Gasteiger partial charge is 0.264 e. The lowest BCUT2D eigenvalue weighted by atomic mass is 10.1. The van der Waals surface area contributed by atoms with E-state index in [9.17, 15) is 16.8 Å². The maximum atomic E-state index is 11.6. The molecule has 0 aromatic heterocycles. The number of methoxy groups -OCH3 is 1. The van der Waals surface area contributed by atoms with Gasteiger partial charge in [-0.25, -0.2) is 0 Å². The molecule has 2 rings (SSSR count). The molecule has 1 heterocycles. The Morgan fingerprint density at radius 3 is 2.19 bits per heavy atom. The van der Waals surface area contributed by atoms with Gasteiger partial charge in [0.25, 0.3) is 20.2 Å². The first-order valence-corrected chi connectivity index (χ1v) is 11.3. The maximum Gasteiger partial charge on any atom is 0.264 e. The summed E-state index contributed by atoms with van der Waals surface area (Å²) in [6.07, 6.45) is -2.18. The van der Waals surface area contributed by atoms with Crippen LogP contribution in [0.4, 0.5) is 0 Å². The first-order valence-electron chi connectivity index (χ1n) is 7.65. The van der Waals surface area contributed by atoms with Gasteiger partial charge < -0.3 is 14.2 Å². The summed E-state index contributed by atoms with van der Waals surface area (Å²) in [5, 5.41) is 0. The summed E-state index contributed by atoms with van der Waals surface area (Å²) in [5.74, 6) is 0. The van der Waals surface area contributed by atoms with Gasteiger partial charge in [0.15, 0.2) is 12.4 Å². The van der Waals surface area contributed by atoms with E-state index in [0.717, 1.165) is 18.1 Å². The van der Waals surface area contributed by atoms with E-state index in [1.165, 1.54) is 7.11 Å². The van der Waals surface area contributed by atoms with Crippen molar-refractivity contribution in [1.82, 2.24) is 0 Å². The molecule has 2 unspecified atom stereocenters. The second kappa shape index (κ2) is 8.74. The Balaban J connectivity index is 2.18. The molecular weight excluding hydrogens is 388 g/mol. The van der Waals surface area contributed by atoms with Gasteiger partial charge in [0.2, 0.25) is 0 Å². The first-order chi connectivity index (χ1) is 12.1. The van der Waals surface area contributed by atoms with E-state index in [1.807, 2.05) is 30.3 Å². The number of rotatable bonds is 9. The Hall–Kier alpha value is -1.08. The van der Waals surface area contributed by atoms with E-state index in [-0.39, 0.29) is 13.2 Å². The number of benzene rings is 1. The van der Waals surface area contributed by atoms with Crippen LogP contribution in [0.1, 0.15) is 5.56 Å². The third-order valence-electron chi connectivity index (χ3n) is 3.52. The molecule has 0 bridgehead atoms. The van der Waals surface area contributed by atoms with Crippen LogP contribution >= 0.6 is 0 Å². The maximum absolute atomic E-state index is 11.6. The Kier molecular flexibility index (Phi) is 7.13. The third kappa shape index (κ3) is 6.58. The van der Waals surface area contributed by atoms with Gasteiger partial charge in [0, 0.05) is 7.11 Å². The van der Waals surface area contributed by atoms with Gasteiger partial charge in [-0.2, -0.15) is 16.8 Å². The molecule has 9 nitrogen and oxygen atoms in total. The highest BCUT2D eigenvalue weighted by Crippen LogP contribution is 2.29. The second-order valence-electron chi connectivity index (χ2n) is 5.79. The van der Waals surface area contributed by atoms with E-state index < -0.39 is 44.8 Å². The molecule has 0 aliphatic carbocycles. The lowest BCUT2D eigenvalue weighted by Crippen LogP contribution is -2.40. The van der Waals surface area contributed by atoms with Crippen LogP contribution in [0.5, 0.6) is 0 Å². The molecule has 26 heavy (non-hydrogen) atoms. The fraction of sp³-hybridized carbons (Fsp3) is 0.600. The van der Waals surface area contributed by atoms with Crippen LogP contribution in [0.2, 0.25) is 0 Å². The SMILES string of the molecule is COC1O[C@H](COS(C)(=O)=O)[C@H](OCc2ccccc2)C1OS(C)(=O)=O. The molecule has 1 aromatic rings. The van der Waals surface area contributed by atoms with Gasteiger partial charge in [-0.05, 0) is 5.56 Å². The highest BCUT2D eigenvalue weighted by Gasteiger charge is 2.49. The number of ether oxygens (including phenoxy) is 3. The zero-order valence-corrected chi connectivity index (χ0v) is 16.2. The Morgan fingerprint density at radius 2 is 1.65 bits per heavy atom. The summed E-state index contributed by atoms with van der Waals surface area (Å²) in [6.45, 7) is -0.216. The Bertz CT molecular complexity index is 777. The lowest BCUT2D eigenvalue weighted by Gasteiger charge is -2.23. The van der Waals surface area contributed by atoms with Crippen molar-refractivity contribution in [2.75, 3.05) is 26.2 Å².